The molecule has 0 aliphatic heterocycles. The van der Waals surface area contributed by atoms with E-state index >= 15 is 0 Å². The van der Waals surface area contributed by atoms with Gasteiger partial charge in [0.2, 0.25) is 0 Å². The molecule has 0 aliphatic carbocycles. The molecule has 1 atom stereocenters. The summed E-state index contributed by atoms with van der Waals surface area (Å²) in [7, 11) is 4.38. The van der Waals surface area contributed by atoms with Gasteiger partial charge in [-0.3, -0.25) is 0 Å². The Morgan fingerprint density at radius 1 is 0.643 bits per heavy atom. The smallest absolute Gasteiger partial charge is 0.00247 e. The van der Waals surface area contributed by atoms with Gasteiger partial charge in [-0.2, -0.15) is 0 Å². The molecule has 0 heterocycles. The van der Waals surface area contributed by atoms with E-state index in [0.29, 0.717) is 0 Å². The van der Waals surface area contributed by atoms with Gasteiger partial charge in [0.1, 0.15) is 0 Å². The summed E-state index contributed by atoms with van der Waals surface area (Å²) in [5.74, 6) is 0.866. The van der Waals surface area contributed by atoms with Gasteiger partial charge in [0.05, 0.1) is 0 Å². The first-order chi connectivity index (χ1) is 13.7. The van der Waals surface area contributed by atoms with Crippen LogP contribution in [0.15, 0.2) is 30.3 Å². The van der Waals surface area contributed by atoms with Gasteiger partial charge in [0.15, 0.2) is 0 Å². The van der Waals surface area contributed by atoms with Crippen molar-refractivity contribution in [2.24, 2.45) is 5.92 Å². The zero-order valence-electron chi connectivity index (χ0n) is 19.4. The van der Waals surface area contributed by atoms with Crippen LogP contribution in [0, 0.1) is 5.92 Å². The summed E-state index contributed by atoms with van der Waals surface area (Å²) in [4.78, 5) is 2.32. The van der Waals surface area contributed by atoms with E-state index in [1.165, 1.54) is 115 Å². The predicted molar refractivity (Wildman–Crippen MR) is 127 cm³/mol. The molecule has 1 nitrogen and oxygen atoms in total. The Labute approximate surface area is 177 Å². The third kappa shape index (κ3) is 15.1. The summed E-state index contributed by atoms with van der Waals surface area (Å²) in [5.41, 5.74) is 1.52. The number of hydrogen-bond donors (Lipinski definition) is 0. The van der Waals surface area contributed by atoms with Crippen LogP contribution in [0.3, 0.4) is 0 Å². The topological polar surface area (TPSA) is 3.24 Å². The fourth-order valence-electron chi connectivity index (χ4n) is 4.27. The van der Waals surface area contributed by atoms with E-state index < -0.39 is 0 Å². The van der Waals surface area contributed by atoms with Crippen LogP contribution >= 0.6 is 0 Å². The number of nitrogens with zero attached hydrogens (tertiary/aromatic N) is 1. The van der Waals surface area contributed by atoms with Crippen molar-refractivity contribution in [1.82, 2.24) is 4.90 Å². The van der Waals surface area contributed by atoms with E-state index in [4.69, 9.17) is 0 Å². The molecule has 0 N–H and O–H groups in total. The lowest BCUT2D eigenvalue weighted by atomic mass is 9.89. The molecule has 1 unspecified atom stereocenters. The van der Waals surface area contributed by atoms with Crippen LogP contribution in [-0.2, 0) is 6.42 Å². The first-order valence-electron chi connectivity index (χ1n) is 12.4. The zero-order chi connectivity index (χ0) is 20.3. The van der Waals surface area contributed by atoms with E-state index in [0.717, 1.165) is 5.92 Å². The minimum absolute atomic E-state index is 0.866. The minimum atomic E-state index is 0.866. The van der Waals surface area contributed by atoms with Crippen LogP contribution in [0.5, 0.6) is 0 Å². The van der Waals surface area contributed by atoms with Crippen molar-refractivity contribution in [3.8, 4) is 0 Å². The molecule has 0 saturated heterocycles. The standard InChI is InChI=1S/C27H49N/c1-4-5-6-7-8-9-10-11-12-13-14-16-20-27(23-19-24-28(2)3)25-26-21-17-15-18-22-26/h15,17-18,21-22,27H,4-14,16,19-20,23-25H2,1-3H3. The fourth-order valence-corrected chi connectivity index (χ4v) is 4.27. The van der Waals surface area contributed by atoms with Crippen molar-refractivity contribution >= 4 is 0 Å². The highest BCUT2D eigenvalue weighted by Gasteiger charge is 2.10. The van der Waals surface area contributed by atoms with E-state index in [1.807, 2.05) is 0 Å². The van der Waals surface area contributed by atoms with Gasteiger partial charge in [0, 0.05) is 0 Å². The van der Waals surface area contributed by atoms with Gasteiger partial charge < -0.3 is 4.90 Å². The highest BCUT2D eigenvalue weighted by molar-refractivity contribution is 5.15. The number of benzene rings is 1. The van der Waals surface area contributed by atoms with Crippen molar-refractivity contribution in [2.45, 2.75) is 110 Å². The van der Waals surface area contributed by atoms with Gasteiger partial charge >= 0.3 is 0 Å². The maximum atomic E-state index is 2.32. The molecule has 1 rings (SSSR count). The second kappa shape index (κ2) is 18.2. The summed E-state index contributed by atoms with van der Waals surface area (Å²) in [5, 5.41) is 0. The Morgan fingerprint density at radius 2 is 1.14 bits per heavy atom. The first kappa shape index (κ1) is 25.2. The molecule has 0 aliphatic rings. The van der Waals surface area contributed by atoms with E-state index in [9.17, 15) is 0 Å². The molecule has 1 aromatic rings. The second-order valence-electron chi connectivity index (χ2n) is 9.18. The van der Waals surface area contributed by atoms with Gasteiger partial charge in [-0.15, -0.1) is 0 Å². The van der Waals surface area contributed by atoms with Crippen LogP contribution < -0.4 is 0 Å². The van der Waals surface area contributed by atoms with E-state index in [2.05, 4.69) is 56.3 Å². The molecule has 0 aromatic heterocycles. The van der Waals surface area contributed by atoms with Crippen LogP contribution in [-0.4, -0.2) is 25.5 Å². The molecular weight excluding hydrogens is 338 g/mol. The highest BCUT2D eigenvalue weighted by atomic mass is 15.0. The first-order valence-corrected chi connectivity index (χ1v) is 12.4. The largest absolute Gasteiger partial charge is 0.309 e. The molecule has 162 valence electrons. The lowest BCUT2D eigenvalue weighted by Gasteiger charge is -2.18. The van der Waals surface area contributed by atoms with Crippen molar-refractivity contribution in [2.75, 3.05) is 20.6 Å². The highest BCUT2D eigenvalue weighted by Crippen LogP contribution is 2.22. The summed E-state index contributed by atoms with van der Waals surface area (Å²) in [6, 6.07) is 11.1. The summed E-state index contributed by atoms with van der Waals surface area (Å²) >= 11 is 0. The van der Waals surface area contributed by atoms with Crippen molar-refractivity contribution in [1.29, 1.82) is 0 Å². The Hall–Kier alpha value is -0.820. The maximum absolute atomic E-state index is 2.32. The molecule has 0 amide bonds. The lowest BCUT2D eigenvalue weighted by Crippen LogP contribution is -2.15. The Morgan fingerprint density at radius 3 is 1.68 bits per heavy atom. The zero-order valence-corrected chi connectivity index (χ0v) is 19.4. The average Bonchev–Trinajstić information content (AvgIpc) is 2.69. The molecule has 0 bridgehead atoms. The summed E-state index contributed by atoms with van der Waals surface area (Å²) < 4.78 is 0. The molecular formula is C27H49N. The SMILES string of the molecule is CCCCCCCCCCCCCCC(CCCN(C)C)Cc1ccccc1. The molecule has 1 heteroatoms. The van der Waals surface area contributed by atoms with Gasteiger partial charge in [0.25, 0.3) is 0 Å². The number of rotatable bonds is 19. The van der Waals surface area contributed by atoms with Crippen LogP contribution in [0.4, 0.5) is 0 Å². The lowest BCUT2D eigenvalue weighted by molar-refractivity contribution is 0.349. The van der Waals surface area contributed by atoms with Crippen LogP contribution in [0.1, 0.15) is 109 Å². The van der Waals surface area contributed by atoms with Gasteiger partial charge in [-0.1, -0.05) is 121 Å². The van der Waals surface area contributed by atoms with Crippen molar-refractivity contribution < 1.29 is 0 Å². The minimum Gasteiger partial charge on any atom is -0.309 e. The molecule has 0 fully saturated rings. The number of hydrogen-bond acceptors (Lipinski definition) is 1. The van der Waals surface area contributed by atoms with E-state index in [1.54, 1.807) is 0 Å². The quantitative estimate of drug-likeness (QED) is 0.216. The molecule has 0 radical (unpaired) electrons. The Kier molecular flexibility index (Phi) is 16.4. The van der Waals surface area contributed by atoms with Gasteiger partial charge in [-0.25, -0.2) is 0 Å². The Bertz CT molecular complexity index is 425. The summed E-state index contributed by atoms with van der Waals surface area (Å²) in [6.07, 6.45) is 22.7. The third-order valence-electron chi connectivity index (χ3n) is 6.05. The average molecular weight is 388 g/mol. The third-order valence-corrected chi connectivity index (χ3v) is 6.05. The molecule has 0 saturated carbocycles. The molecule has 28 heavy (non-hydrogen) atoms. The van der Waals surface area contributed by atoms with E-state index in [-0.39, 0.29) is 0 Å². The second-order valence-corrected chi connectivity index (χ2v) is 9.18. The summed E-state index contributed by atoms with van der Waals surface area (Å²) in [6.45, 7) is 3.53. The normalized spacial score (nSPS) is 12.6. The molecule has 1 aromatic carbocycles. The van der Waals surface area contributed by atoms with Crippen molar-refractivity contribution in [3.05, 3.63) is 35.9 Å². The van der Waals surface area contributed by atoms with Crippen molar-refractivity contribution in [3.63, 3.8) is 0 Å². The number of unbranched alkanes of at least 4 members (excludes halogenated alkanes) is 11. The predicted octanol–water partition coefficient (Wildman–Crippen LogP) is 8.28. The van der Waals surface area contributed by atoms with Crippen LogP contribution in [0.25, 0.3) is 0 Å². The maximum Gasteiger partial charge on any atom is -0.00247 e. The van der Waals surface area contributed by atoms with Gasteiger partial charge in [-0.05, 0) is 51.4 Å². The molecule has 0 spiro atoms. The van der Waals surface area contributed by atoms with Crippen LogP contribution in [0.2, 0.25) is 0 Å². The Balaban J connectivity index is 2.08. The fraction of sp³-hybridized carbons (Fsp3) is 0.778. The monoisotopic (exact) mass is 387 g/mol.